The van der Waals surface area contributed by atoms with Crippen molar-refractivity contribution in [1.82, 2.24) is 14.7 Å². The molecule has 1 fully saturated rings. The zero-order valence-electron chi connectivity index (χ0n) is 16.6. The SMILES string of the molecule is CC1CCOC(=O)N1c1cnn2c1CN(C(=O)Cc1cc(F)c(F)c(F)c1)[C@@H](C)C2. The molecule has 0 N–H and O–H groups in total. The number of aromatic nitrogens is 2. The molecule has 1 saturated heterocycles. The predicted molar refractivity (Wildman–Crippen MR) is 100 cm³/mol. The average molecular weight is 422 g/mol. The van der Waals surface area contributed by atoms with Crippen molar-refractivity contribution in [3.8, 4) is 0 Å². The van der Waals surface area contributed by atoms with Crippen LogP contribution in [0.2, 0.25) is 0 Å². The van der Waals surface area contributed by atoms with Crippen LogP contribution in [0.3, 0.4) is 0 Å². The highest BCUT2D eigenvalue weighted by atomic mass is 19.2. The van der Waals surface area contributed by atoms with Crippen LogP contribution in [0.15, 0.2) is 18.3 Å². The van der Waals surface area contributed by atoms with E-state index >= 15 is 0 Å². The molecular weight excluding hydrogens is 401 g/mol. The van der Waals surface area contributed by atoms with Crippen LogP contribution in [0, 0.1) is 17.5 Å². The highest BCUT2D eigenvalue weighted by Gasteiger charge is 2.35. The summed E-state index contributed by atoms with van der Waals surface area (Å²) in [6.07, 6.45) is 1.53. The largest absolute Gasteiger partial charge is 0.449 e. The van der Waals surface area contributed by atoms with Crippen LogP contribution in [-0.2, 0) is 29.0 Å². The lowest BCUT2D eigenvalue weighted by atomic mass is 10.1. The summed E-state index contributed by atoms with van der Waals surface area (Å²) in [6, 6.07) is 1.35. The molecule has 10 heteroatoms. The molecule has 1 unspecified atom stereocenters. The fraction of sp³-hybridized carbons (Fsp3) is 0.450. The number of nitrogens with zero attached hydrogens (tertiary/aromatic N) is 4. The van der Waals surface area contributed by atoms with Crippen LogP contribution in [0.5, 0.6) is 0 Å². The van der Waals surface area contributed by atoms with Gasteiger partial charge in [0.15, 0.2) is 17.5 Å². The lowest BCUT2D eigenvalue weighted by molar-refractivity contribution is -0.134. The zero-order valence-corrected chi connectivity index (χ0v) is 16.6. The number of halogens is 3. The normalized spacial score (nSPS) is 21.4. The average Bonchev–Trinajstić information content (AvgIpc) is 3.07. The first-order valence-electron chi connectivity index (χ1n) is 9.69. The van der Waals surface area contributed by atoms with Crippen LogP contribution in [0.4, 0.5) is 23.7 Å². The summed E-state index contributed by atoms with van der Waals surface area (Å²) >= 11 is 0. The summed E-state index contributed by atoms with van der Waals surface area (Å²) in [6.45, 7) is 4.69. The second-order valence-electron chi connectivity index (χ2n) is 7.70. The fourth-order valence-electron chi connectivity index (χ4n) is 3.94. The van der Waals surface area contributed by atoms with E-state index in [9.17, 15) is 22.8 Å². The maximum atomic E-state index is 13.5. The van der Waals surface area contributed by atoms with Crippen molar-refractivity contribution in [1.29, 1.82) is 0 Å². The first-order valence-corrected chi connectivity index (χ1v) is 9.69. The monoisotopic (exact) mass is 422 g/mol. The van der Waals surface area contributed by atoms with Gasteiger partial charge in [0.2, 0.25) is 5.91 Å². The van der Waals surface area contributed by atoms with Gasteiger partial charge < -0.3 is 9.64 Å². The molecule has 30 heavy (non-hydrogen) atoms. The lowest BCUT2D eigenvalue weighted by Crippen LogP contribution is -2.48. The third kappa shape index (κ3) is 3.50. The molecule has 0 bridgehead atoms. The highest BCUT2D eigenvalue weighted by molar-refractivity contribution is 5.89. The summed E-state index contributed by atoms with van der Waals surface area (Å²) in [4.78, 5) is 28.3. The van der Waals surface area contributed by atoms with E-state index in [1.807, 2.05) is 13.8 Å². The lowest BCUT2D eigenvalue weighted by Gasteiger charge is -2.37. The minimum Gasteiger partial charge on any atom is -0.449 e. The van der Waals surface area contributed by atoms with Gasteiger partial charge in [0.1, 0.15) is 0 Å². The predicted octanol–water partition coefficient (Wildman–Crippen LogP) is 3.01. The van der Waals surface area contributed by atoms with Gasteiger partial charge in [-0.15, -0.1) is 0 Å². The molecule has 7 nitrogen and oxygen atoms in total. The molecule has 0 aliphatic carbocycles. The molecule has 2 aromatic rings. The molecule has 160 valence electrons. The molecule has 4 rings (SSSR count). The van der Waals surface area contributed by atoms with E-state index in [0.717, 1.165) is 12.1 Å². The molecule has 2 aliphatic rings. The standard InChI is InChI=1S/C20H21F3N4O3/c1-11-3-4-30-20(29)27(11)16-8-24-26-9-12(2)25(10-17(16)26)18(28)7-13-5-14(21)19(23)15(22)6-13/h5-6,8,11-12H,3-4,7,9-10H2,1-2H3/t11?,12-/m0/s1. The number of ether oxygens (including phenoxy) is 1. The number of amides is 2. The Morgan fingerprint density at radius 1 is 1.20 bits per heavy atom. The quantitative estimate of drug-likeness (QED) is 0.714. The second kappa shape index (κ2) is 7.66. The maximum Gasteiger partial charge on any atom is 0.414 e. The molecule has 0 radical (unpaired) electrons. The van der Waals surface area contributed by atoms with Gasteiger partial charge in [-0.2, -0.15) is 5.10 Å². The summed E-state index contributed by atoms with van der Waals surface area (Å²) in [5.41, 5.74) is 1.32. The van der Waals surface area contributed by atoms with Gasteiger partial charge in [-0.25, -0.2) is 18.0 Å². The number of cyclic esters (lactones) is 1. The van der Waals surface area contributed by atoms with Gasteiger partial charge >= 0.3 is 6.09 Å². The molecule has 2 amide bonds. The van der Waals surface area contributed by atoms with Crippen LogP contribution < -0.4 is 4.90 Å². The van der Waals surface area contributed by atoms with Gasteiger partial charge in [-0.3, -0.25) is 14.4 Å². The fourth-order valence-corrected chi connectivity index (χ4v) is 3.94. The van der Waals surface area contributed by atoms with E-state index in [2.05, 4.69) is 5.10 Å². The molecule has 2 aliphatic heterocycles. The summed E-state index contributed by atoms with van der Waals surface area (Å²) in [5, 5.41) is 4.35. The summed E-state index contributed by atoms with van der Waals surface area (Å²) in [5.74, 6) is -4.58. The van der Waals surface area contributed by atoms with Crippen LogP contribution in [-0.4, -0.2) is 45.4 Å². The van der Waals surface area contributed by atoms with Crippen molar-refractivity contribution in [3.05, 3.63) is 47.0 Å². The van der Waals surface area contributed by atoms with Gasteiger partial charge in [-0.05, 0) is 31.5 Å². The van der Waals surface area contributed by atoms with Crippen molar-refractivity contribution in [2.24, 2.45) is 0 Å². The first-order chi connectivity index (χ1) is 14.3. The Bertz CT molecular complexity index is 986. The number of hydrogen-bond donors (Lipinski definition) is 0. The summed E-state index contributed by atoms with van der Waals surface area (Å²) in [7, 11) is 0. The number of hydrogen-bond acceptors (Lipinski definition) is 4. The second-order valence-corrected chi connectivity index (χ2v) is 7.70. The first kappa shape index (κ1) is 20.2. The van der Waals surface area contributed by atoms with Crippen molar-refractivity contribution in [3.63, 3.8) is 0 Å². The van der Waals surface area contributed by atoms with E-state index in [1.54, 1.807) is 15.8 Å². The topological polar surface area (TPSA) is 67.7 Å². The molecule has 0 saturated carbocycles. The van der Waals surface area contributed by atoms with E-state index in [0.29, 0.717) is 31.0 Å². The maximum absolute atomic E-state index is 13.5. The molecule has 0 spiro atoms. The number of fused-ring (bicyclic) bond motifs is 1. The van der Waals surface area contributed by atoms with Crippen molar-refractivity contribution < 1.29 is 27.5 Å². The molecule has 1 aromatic heterocycles. The number of benzene rings is 1. The van der Waals surface area contributed by atoms with Crippen LogP contribution in [0.25, 0.3) is 0 Å². The highest BCUT2D eigenvalue weighted by Crippen LogP contribution is 2.31. The van der Waals surface area contributed by atoms with Crippen molar-refractivity contribution in [2.45, 2.75) is 51.9 Å². The van der Waals surface area contributed by atoms with Crippen molar-refractivity contribution >= 4 is 17.7 Å². The molecule has 1 aromatic carbocycles. The zero-order chi connectivity index (χ0) is 21.6. The van der Waals surface area contributed by atoms with E-state index in [4.69, 9.17) is 4.74 Å². The molecule has 2 atom stereocenters. The Kier molecular flexibility index (Phi) is 5.17. The smallest absolute Gasteiger partial charge is 0.414 e. The minimum absolute atomic E-state index is 0.0520. The molecular formula is C20H21F3N4O3. The molecule has 3 heterocycles. The third-order valence-electron chi connectivity index (χ3n) is 5.59. The Morgan fingerprint density at radius 2 is 1.90 bits per heavy atom. The minimum atomic E-state index is -1.56. The number of anilines is 1. The Hall–Kier alpha value is -3.04. The van der Waals surface area contributed by atoms with Gasteiger partial charge in [0.05, 0.1) is 43.7 Å². The Labute approximate surface area is 171 Å². The Morgan fingerprint density at radius 3 is 2.57 bits per heavy atom. The van der Waals surface area contributed by atoms with Gasteiger partial charge in [-0.1, -0.05) is 0 Å². The summed E-state index contributed by atoms with van der Waals surface area (Å²) < 4.78 is 47.1. The number of carbonyl (C=O) groups is 2. The Balaban J connectivity index is 1.58. The number of carbonyl (C=O) groups excluding carboxylic acids is 2. The third-order valence-corrected chi connectivity index (χ3v) is 5.59. The van der Waals surface area contributed by atoms with Crippen LogP contribution >= 0.6 is 0 Å². The van der Waals surface area contributed by atoms with E-state index in [1.165, 1.54) is 4.90 Å². The van der Waals surface area contributed by atoms with Gasteiger partial charge in [0, 0.05) is 18.5 Å². The van der Waals surface area contributed by atoms with E-state index < -0.39 is 23.5 Å². The van der Waals surface area contributed by atoms with Crippen molar-refractivity contribution in [2.75, 3.05) is 11.5 Å². The van der Waals surface area contributed by atoms with Gasteiger partial charge in [0.25, 0.3) is 0 Å². The van der Waals surface area contributed by atoms with E-state index in [-0.39, 0.29) is 36.5 Å². The number of rotatable bonds is 3. The van der Waals surface area contributed by atoms with Crippen LogP contribution in [0.1, 0.15) is 31.5 Å².